The molecule has 32 heavy (non-hydrogen) atoms. The normalized spacial score (nSPS) is 25.9. The lowest BCUT2D eigenvalue weighted by atomic mass is 9.83. The first-order valence-corrected chi connectivity index (χ1v) is 13.5. The van der Waals surface area contributed by atoms with Gasteiger partial charge in [-0.2, -0.15) is 11.8 Å². The van der Waals surface area contributed by atoms with E-state index in [0.717, 1.165) is 50.1 Å². The molecule has 0 saturated carbocycles. The number of rotatable bonds is 7. The molecule has 1 aromatic carbocycles. The van der Waals surface area contributed by atoms with Gasteiger partial charge in [0.2, 0.25) is 0 Å². The summed E-state index contributed by atoms with van der Waals surface area (Å²) in [6, 6.07) is 6.33. The zero-order valence-electron chi connectivity index (χ0n) is 19.7. The molecule has 3 heterocycles. The number of thioether (sulfide) groups is 1. The summed E-state index contributed by atoms with van der Waals surface area (Å²) < 4.78 is 0. The molecule has 0 spiro atoms. The summed E-state index contributed by atoms with van der Waals surface area (Å²) in [7, 11) is 0. The van der Waals surface area contributed by atoms with Crippen molar-refractivity contribution in [2.75, 3.05) is 62.2 Å². The lowest BCUT2D eigenvalue weighted by molar-refractivity contribution is 0.0394. The summed E-state index contributed by atoms with van der Waals surface area (Å²) in [6.45, 7) is 10.4. The van der Waals surface area contributed by atoms with Crippen molar-refractivity contribution in [1.29, 1.82) is 0 Å². The Kier molecular flexibility index (Phi) is 8.19. The summed E-state index contributed by atoms with van der Waals surface area (Å²) in [5, 5.41) is 10.8. The summed E-state index contributed by atoms with van der Waals surface area (Å²) >= 11 is 2.01. The van der Waals surface area contributed by atoms with E-state index in [9.17, 15) is 9.90 Å². The van der Waals surface area contributed by atoms with Crippen LogP contribution in [0.1, 0.15) is 42.6 Å². The number of piperidine rings is 1. The molecule has 0 aliphatic carbocycles. The number of amides is 1. The molecule has 2 unspecified atom stereocenters. The molecule has 3 atom stereocenters. The molecule has 5 nitrogen and oxygen atoms in total. The monoisotopic (exact) mass is 457 g/mol. The molecule has 3 aliphatic heterocycles. The van der Waals surface area contributed by atoms with E-state index in [0.29, 0.717) is 31.5 Å². The third kappa shape index (κ3) is 5.52. The number of hydrogen-bond donors (Lipinski definition) is 1. The van der Waals surface area contributed by atoms with Crippen molar-refractivity contribution in [3.8, 4) is 0 Å². The van der Waals surface area contributed by atoms with Crippen molar-refractivity contribution in [3.05, 3.63) is 41.5 Å². The second-order valence-electron chi connectivity index (χ2n) is 9.50. The number of fused-ring (bicyclic) bond motifs is 1. The average Bonchev–Trinajstić information content (AvgIpc) is 2.82. The van der Waals surface area contributed by atoms with Crippen LogP contribution >= 0.6 is 11.8 Å². The minimum Gasteiger partial charge on any atom is -0.390 e. The maximum Gasteiger partial charge on any atom is 0.254 e. The van der Waals surface area contributed by atoms with E-state index in [1.807, 2.05) is 22.7 Å². The number of hydrogen-bond acceptors (Lipinski definition) is 5. The SMILES string of the molecule is C/C=C\C1CCN(C[C@@H](O)CN2CCc3cc(N4CCSCC4)ccc3C2=O)CC1CC. The van der Waals surface area contributed by atoms with Crippen LogP contribution in [0.25, 0.3) is 0 Å². The van der Waals surface area contributed by atoms with Crippen LogP contribution < -0.4 is 4.90 Å². The fourth-order valence-electron chi connectivity index (χ4n) is 5.55. The average molecular weight is 458 g/mol. The molecule has 0 bridgehead atoms. The maximum atomic E-state index is 13.1. The zero-order chi connectivity index (χ0) is 22.5. The smallest absolute Gasteiger partial charge is 0.254 e. The van der Waals surface area contributed by atoms with Crippen LogP contribution in [-0.2, 0) is 6.42 Å². The maximum absolute atomic E-state index is 13.1. The third-order valence-corrected chi connectivity index (χ3v) is 8.32. The first-order chi connectivity index (χ1) is 15.6. The van der Waals surface area contributed by atoms with Gasteiger partial charge in [-0.25, -0.2) is 0 Å². The highest BCUT2D eigenvalue weighted by molar-refractivity contribution is 7.99. The van der Waals surface area contributed by atoms with E-state index in [1.54, 1.807) is 0 Å². The number of likely N-dealkylation sites (tertiary alicyclic amines) is 1. The second-order valence-corrected chi connectivity index (χ2v) is 10.7. The minimum absolute atomic E-state index is 0.0734. The van der Waals surface area contributed by atoms with E-state index in [2.05, 4.69) is 47.9 Å². The Morgan fingerprint density at radius 3 is 2.75 bits per heavy atom. The van der Waals surface area contributed by atoms with Gasteiger partial charge >= 0.3 is 0 Å². The number of carbonyl (C=O) groups is 1. The minimum atomic E-state index is -0.499. The van der Waals surface area contributed by atoms with Gasteiger partial charge in [0.05, 0.1) is 6.10 Å². The Hall–Kier alpha value is -1.50. The number of benzene rings is 1. The Labute approximate surface area is 197 Å². The largest absolute Gasteiger partial charge is 0.390 e. The summed E-state index contributed by atoms with van der Waals surface area (Å²) in [5.74, 6) is 3.74. The third-order valence-electron chi connectivity index (χ3n) is 7.37. The van der Waals surface area contributed by atoms with E-state index >= 15 is 0 Å². The standard InChI is InChI=1S/C26H39N3O2S/c1-3-5-21-8-10-27(17-20(21)4-2)18-24(30)19-29-11-9-22-16-23(6-7-25(22)26(29)31)28-12-14-32-15-13-28/h3,5-7,16,20-21,24,30H,4,8-15,17-19H2,1-2H3/b5-3-/t20?,21?,24-/m1/s1. The molecule has 176 valence electrons. The molecule has 2 fully saturated rings. The molecule has 1 amide bonds. The molecule has 6 heteroatoms. The first kappa shape index (κ1) is 23.7. The Morgan fingerprint density at radius 2 is 2.00 bits per heavy atom. The highest BCUT2D eigenvalue weighted by Gasteiger charge is 2.30. The van der Waals surface area contributed by atoms with Crippen LogP contribution in [0, 0.1) is 11.8 Å². The van der Waals surface area contributed by atoms with E-state index in [4.69, 9.17) is 0 Å². The molecule has 0 aromatic heterocycles. The second kappa shape index (κ2) is 11.1. The number of nitrogens with zero attached hydrogens (tertiary/aromatic N) is 3. The summed E-state index contributed by atoms with van der Waals surface area (Å²) in [4.78, 5) is 19.8. The lowest BCUT2D eigenvalue weighted by Crippen LogP contribution is -2.48. The van der Waals surface area contributed by atoms with Crippen molar-refractivity contribution >= 4 is 23.4 Å². The van der Waals surface area contributed by atoms with Gasteiger partial charge in [0.25, 0.3) is 5.91 Å². The molecular weight excluding hydrogens is 418 g/mol. The van der Waals surface area contributed by atoms with Crippen LogP contribution in [0.3, 0.4) is 0 Å². The molecule has 2 saturated heterocycles. The van der Waals surface area contributed by atoms with E-state index in [1.165, 1.54) is 23.6 Å². The van der Waals surface area contributed by atoms with Crippen molar-refractivity contribution in [2.45, 2.75) is 39.2 Å². The fraction of sp³-hybridized carbons (Fsp3) is 0.654. The highest BCUT2D eigenvalue weighted by atomic mass is 32.2. The number of β-amino-alcohol motifs (C(OH)–C–C–N with tert-alkyl or cyclic N) is 1. The molecular formula is C26H39N3O2S. The Morgan fingerprint density at radius 1 is 1.19 bits per heavy atom. The number of aliphatic hydroxyl groups is 1. The topological polar surface area (TPSA) is 47.0 Å². The first-order valence-electron chi connectivity index (χ1n) is 12.4. The van der Waals surface area contributed by atoms with Crippen molar-refractivity contribution in [3.63, 3.8) is 0 Å². The van der Waals surface area contributed by atoms with Gasteiger partial charge in [0, 0.05) is 62.0 Å². The number of aliphatic hydroxyl groups excluding tert-OH is 1. The molecule has 1 N–H and O–H groups in total. The van der Waals surface area contributed by atoms with Crippen LogP contribution in [0.15, 0.2) is 30.4 Å². The number of allylic oxidation sites excluding steroid dienone is 2. The number of anilines is 1. The van der Waals surface area contributed by atoms with Crippen molar-refractivity contribution in [1.82, 2.24) is 9.80 Å². The van der Waals surface area contributed by atoms with Gasteiger partial charge in [-0.1, -0.05) is 25.5 Å². The summed E-state index contributed by atoms with van der Waals surface area (Å²) in [5.41, 5.74) is 3.22. The quantitative estimate of drug-likeness (QED) is 0.635. The lowest BCUT2D eigenvalue weighted by Gasteiger charge is -2.39. The highest BCUT2D eigenvalue weighted by Crippen LogP contribution is 2.29. The van der Waals surface area contributed by atoms with Crippen LogP contribution in [-0.4, -0.2) is 84.2 Å². The molecule has 0 radical (unpaired) electrons. The fourth-order valence-corrected chi connectivity index (χ4v) is 6.45. The van der Waals surface area contributed by atoms with Crippen LogP contribution in [0.2, 0.25) is 0 Å². The van der Waals surface area contributed by atoms with Gasteiger partial charge in [-0.05, 0) is 61.9 Å². The van der Waals surface area contributed by atoms with Crippen LogP contribution in [0.4, 0.5) is 5.69 Å². The van der Waals surface area contributed by atoms with Crippen molar-refractivity contribution < 1.29 is 9.90 Å². The Balaban J connectivity index is 1.32. The van der Waals surface area contributed by atoms with Gasteiger partial charge < -0.3 is 19.8 Å². The van der Waals surface area contributed by atoms with Crippen molar-refractivity contribution in [2.24, 2.45) is 11.8 Å². The predicted octanol–water partition coefficient (Wildman–Crippen LogP) is 3.52. The van der Waals surface area contributed by atoms with E-state index < -0.39 is 6.10 Å². The predicted molar refractivity (Wildman–Crippen MR) is 135 cm³/mol. The van der Waals surface area contributed by atoms with Gasteiger partial charge in [-0.3, -0.25) is 4.79 Å². The van der Waals surface area contributed by atoms with E-state index in [-0.39, 0.29) is 5.91 Å². The molecule has 3 aliphatic rings. The van der Waals surface area contributed by atoms with Gasteiger partial charge in [-0.15, -0.1) is 0 Å². The van der Waals surface area contributed by atoms with Gasteiger partial charge in [0.15, 0.2) is 0 Å². The Bertz CT molecular complexity index is 808. The van der Waals surface area contributed by atoms with Crippen LogP contribution in [0.5, 0.6) is 0 Å². The number of carbonyl (C=O) groups excluding carboxylic acids is 1. The molecule has 4 rings (SSSR count). The molecule has 1 aromatic rings. The van der Waals surface area contributed by atoms with Gasteiger partial charge in [0.1, 0.15) is 0 Å². The summed E-state index contributed by atoms with van der Waals surface area (Å²) in [6.07, 6.45) is 7.22. The zero-order valence-corrected chi connectivity index (χ0v) is 20.5.